The van der Waals surface area contributed by atoms with Crippen LogP contribution in [0.5, 0.6) is 11.5 Å². The fourth-order valence-electron chi connectivity index (χ4n) is 1.80. The maximum atomic E-state index is 11.6. The van der Waals surface area contributed by atoms with Crippen LogP contribution in [0.3, 0.4) is 0 Å². The highest BCUT2D eigenvalue weighted by Gasteiger charge is 2.07. The van der Waals surface area contributed by atoms with Gasteiger partial charge in [0.05, 0.1) is 16.4 Å². The smallest absolute Gasteiger partial charge is 0.270 e. The summed E-state index contributed by atoms with van der Waals surface area (Å²) >= 11 is 0. The molecular formula is C14H9N3O6-2. The fourth-order valence-corrected chi connectivity index (χ4v) is 1.80. The van der Waals surface area contributed by atoms with Crippen LogP contribution < -0.4 is 10.2 Å². The number of rotatable bonds is 5. The molecule has 23 heavy (non-hydrogen) atoms. The Hall–Kier alpha value is -3.49. The van der Waals surface area contributed by atoms with Gasteiger partial charge < -0.3 is 10.2 Å². The quantitative estimate of drug-likeness (QED) is 0.461. The lowest BCUT2D eigenvalue weighted by Gasteiger charge is -2.11. The third kappa shape index (κ3) is 3.79. The van der Waals surface area contributed by atoms with Crippen molar-refractivity contribution >= 4 is 17.6 Å². The van der Waals surface area contributed by atoms with E-state index in [0.29, 0.717) is 0 Å². The van der Waals surface area contributed by atoms with Crippen molar-refractivity contribution in [1.82, 2.24) is 0 Å². The number of nitro groups is 2. The number of nitrogens with zero attached hydrogens (tertiary/aromatic N) is 3. The molecule has 0 aromatic heterocycles. The zero-order valence-corrected chi connectivity index (χ0v) is 11.5. The molecule has 0 saturated heterocycles. The second kappa shape index (κ2) is 6.52. The average Bonchev–Trinajstić information content (AvgIpc) is 2.50. The molecule has 2 aromatic rings. The van der Waals surface area contributed by atoms with Crippen molar-refractivity contribution in [3.05, 3.63) is 67.8 Å². The Morgan fingerprint density at radius 2 is 1.48 bits per heavy atom. The first-order valence-corrected chi connectivity index (χ1v) is 6.28. The summed E-state index contributed by atoms with van der Waals surface area (Å²) in [7, 11) is 0. The van der Waals surface area contributed by atoms with E-state index in [9.17, 15) is 30.4 Å². The molecule has 0 fully saturated rings. The number of nitro benzene ring substituents is 2. The van der Waals surface area contributed by atoms with Gasteiger partial charge in [-0.3, -0.25) is 25.2 Å². The Morgan fingerprint density at radius 1 is 0.913 bits per heavy atom. The Labute approximate surface area is 129 Å². The molecule has 0 bridgehead atoms. The lowest BCUT2D eigenvalue weighted by molar-refractivity contribution is -0.385. The minimum absolute atomic E-state index is 0.00270. The minimum atomic E-state index is -0.646. The second-order valence-electron chi connectivity index (χ2n) is 4.50. The van der Waals surface area contributed by atoms with Crippen molar-refractivity contribution in [2.45, 2.75) is 6.54 Å². The summed E-state index contributed by atoms with van der Waals surface area (Å²) in [5.74, 6) is -0.880. The number of hydrogen-bond acceptors (Lipinski definition) is 7. The number of benzene rings is 2. The second-order valence-corrected chi connectivity index (χ2v) is 4.50. The zero-order chi connectivity index (χ0) is 17.0. The van der Waals surface area contributed by atoms with E-state index in [1.807, 2.05) is 0 Å². The topological polar surface area (TPSA) is 145 Å². The van der Waals surface area contributed by atoms with E-state index in [4.69, 9.17) is 0 Å². The van der Waals surface area contributed by atoms with Gasteiger partial charge in [0.25, 0.3) is 11.4 Å². The van der Waals surface area contributed by atoms with Gasteiger partial charge in [-0.2, -0.15) is 0 Å². The predicted molar refractivity (Wildman–Crippen MR) is 76.4 cm³/mol. The molecule has 2 aromatic carbocycles. The molecule has 0 heterocycles. The van der Waals surface area contributed by atoms with Crippen LogP contribution in [0.2, 0.25) is 0 Å². The van der Waals surface area contributed by atoms with Crippen molar-refractivity contribution in [3.8, 4) is 11.5 Å². The maximum absolute atomic E-state index is 11.6. The largest absolute Gasteiger partial charge is 0.872 e. The van der Waals surface area contributed by atoms with Gasteiger partial charge in [-0.15, -0.1) is 5.75 Å². The van der Waals surface area contributed by atoms with Crippen LogP contribution in [0.4, 0.5) is 11.4 Å². The molecule has 0 aliphatic rings. The minimum Gasteiger partial charge on any atom is -0.872 e. The lowest BCUT2D eigenvalue weighted by atomic mass is 10.1. The van der Waals surface area contributed by atoms with E-state index in [-0.39, 0.29) is 29.0 Å². The first-order chi connectivity index (χ1) is 10.9. The van der Waals surface area contributed by atoms with Crippen molar-refractivity contribution in [3.63, 3.8) is 0 Å². The van der Waals surface area contributed by atoms with Gasteiger partial charge in [-0.25, -0.2) is 0 Å². The van der Waals surface area contributed by atoms with Gasteiger partial charge >= 0.3 is 0 Å². The summed E-state index contributed by atoms with van der Waals surface area (Å²) in [6, 6.07) is 6.45. The maximum Gasteiger partial charge on any atom is 0.270 e. The average molecular weight is 315 g/mol. The van der Waals surface area contributed by atoms with E-state index in [2.05, 4.69) is 4.99 Å². The molecule has 0 atom stereocenters. The number of aliphatic imine (C=N–C) groups is 1. The molecule has 0 radical (unpaired) electrons. The summed E-state index contributed by atoms with van der Waals surface area (Å²) < 4.78 is 0. The lowest BCUT2D eigenvalue weighted by Crippen LogP contribution is -2.00. The predicted octanol–water partition coefficient (Wildman–Crippen LogP) is 1.27. The summed E-state index contributed by atoms with van der Waals surface area (Å²) in [4.78, 5) is 23.9. The summed E-state index contributed by atoms with van der Waals surface area (Å²) in [6.45, 7) is -0.178. The van der Waals surface area contributed by atoms with Gasteiger partial charge in [-0.1, -0.05) is 17.9 Å². The SMILES string of the molecule is O=[N+]([O-])c1ccc([O-])c(C=NCc2cc([N+](=O)[O-])ccc2[O-])c1. The number of hydrogen-bond donors (Lipinski definition) is 0. The molecule has 0 aliphatic carbocycles. The Balaban J connectivity index is 2.22. The summed E-state index contributed by atoms with van der Waals surface area (Å²) in [6.07, 6.45) is 1.10. The molecule has 9 heteroatoms. The van der Waals surface area contributed by atoms with Crippen molar-refractivity contribution < 1.29 is 20.1 Å². The molecule has 0 saturated carbocycles. The van der Waals surface area contributed by atoms with Crippen LogP contribution in [-0.2, 0) is 6.54 Å². The van der Waals surface area contributed by atoms with E-state index in [0.717, 1.165) is 42.6 Å². The molecule has 0 aliphatic heterocycles. The third-order valence-corrected chi connectivity index (χ3v) is 2.95. The Kier molecular flexibility index (Phi) is 4.50. The summed E-state index contributed by atoms with van der Waals surface area (Å²) in [5.41, 5.74) is -0.411. The highest BCUT2D eigenvalue weighted by atomic mass is 16.6. The van der Waals surface area contributed by atoms with Crippen molar-refractivity contribution in [2.75, 3.05) is 0 Å². The van der Waals surface area contributed by atoms with Crippen molar-refractivity contribution in [1.29, 1.82) is 0 Å². The molecule has 2 rings (SSSR count). The normalized spacial score (nSPS) is 10.8. The monoisotopic (exact) mass is 315 g/mol. The van der Waals surface area contributed by atoms with Gasteiger partial charge in [-0.05, 0) is 11.1 Å². The number of non-ortho nitro benzene ring substituents is 2. The molecule has 0 unspecified atom stereocenters. The zero-order valence-electron chi connectivity index (χ0n) is 11.5. The van der Waals surface area contributed by atoms with E-state index >= 15 is 0 Å². The molecule has 118 valence electrons. The van der Waals surface area contributed by atoms with Crippen LogP contribution in [0.25, 0.3) is 0 Å². The van der Waals surface area contributed by atoms with Crippen LogP contribution in [0, 0.1) is 20.2 Å². The fraction of sp³-hybridized carbons (Fsp3) is 0.0714. The van der Waals surface area contributed by atoms with Crippen LogP contribution >= 0.6 is 0 Å². The van der Waals surface area contributed by atoms with E-state index < -0.39 is 21.3 Å². The van der Waals surface area contributed by atoms with Crippen LogP contribution in [-0.4, -0.2) is 16.1 Å². The van der Waals surface area contributed by atoms with Gasteiger partial charge in [0.2, 0.25) is 0 Å². The van der Waals surface area contributed by atoms with Crippen LogP contribution in [0.1, 0.15) is 11.1 Å². The highest BCUT2D eigenvalue weighted by molar-refractivity contribution is 5.84. The van der Waals surface area contributed by atoms with Crippen LogP contribution in [0.15, 0.2) is 41.4 Å². The Morgan fingerprint density at radius 3 is 2.09 bits per heavy atom. The van der Waals surface area contributed by atoms with E-state index in [1.54, 1.807) is 0 Å². The standard InChI is InChI=1S/C14H11N3O6/c18-13-3-1-11(16(20)21)5-9(13)7-15-8-10-6-12(17(22)23)2-4-14(10)19/h1-7,18-19H,8H2/p-2. The third-order valence-electron chi connectivity index (χ3n) is 2.95. The first kappa shape index (κ1) is 15.9. The Bertz CT molecular complexity index is 803. The molecule has 0 amide bonds. The van der Waals surface area contributed by atoms with Gasteiger partial charge in [0.15, 0.2) is 0 Å². The molecular weight excluding hydrogens is 306 g/mol. The molecule has 0 N–H and O–H groups in total. The van der Waals surface area contributed by atoms with E-state index in [1.165, 1.54) is 0 Å². The molecule has 0 spiro atoms. The van der Waals surface area contributed by atoms with Gasteiger partial charge in [0.1, 0.15) is 0 Å². The first-order valence-electron chi connectivity index (χ1n) is 6.28. The van der Waals surface area contributed by atoms with Gasteiger partial charge in [0, 0.05) is 30.5 Å². The summed E-state index contributed by atoms with van der Waals surface area (Å²) in [5, 5.41) is 44.5. The highest BCUT2D eigenvalue weighted by Crippen LogP contribution is 2.22. The van der Waals surface area contributed by atoms with Crippen molar-refractivity contribution in [2.24, 2.45) is 4.99 Å². The molecule has 9 nitrogen and oxygen atoms in total.